The van der Waals surface area contributed by atoms with Crippen LogP contribution in [0.5, 0.6) is 11.5 Å². The second-order valence-electron chi connectivity index (χ2n) is 12.1. The van der Waals surface area contributed by atoms with E-state index in [0.29, 0.717) is 72.5 Å². The number of benzene rings is 4. The first kappa shape index (κ1) is 32.8. The molecular weight excluding hydrogens is 696 g/mol. The van der Waals surface area contributed by atoms with Gasteiger partial charge < -0.3 is 18.8 Å². The summed E-state index contributed by atoms with van der Waals surface area (Å²) in [6.07, 6.45) is 0. The topological polar surface area (TPSA) is 114 Å². The van der Waals surface area contributed by atoms with Crippen LogP contribution in [0.3, 0.4) is 0 Å². The summed E-state index contributed by atoms with van der Waals surface area (Å²) >= 11 is 7.93. The van der Waals surface area contributed by atoms with Crippen molar-refractivity contribution < 1.29 is 22.6 Å². The molecule has 50 heavy (non-hydrogen) atoms. The minimum Gasteiger partial charge on any atom is -0.454 e. The molecule has 4 heterocycles. The fourth-order valence-electron chi connectivity index (χ4n) is 6.26. The van der Waals surface area contributed by atoms with Crippen molar-refractivity contribution in [3.8, 4) is 22.9 Å². The van der Waals surface area contributed by atoms with Gasteiger partial charge in [-0.1, -0.05) is 71.9 Å². The first-order chi connectivity index (χ1) is 24.3. The second-order valence-corrected chi connectivity index (χ2v) is 15.7. The van der Waals surface area contributed by atoms with E-state index in [9.17, 15) is 8.42 Å². The van der Waals surface area contributed by atoms with Crippen molar-refractivity contribution in [2.75, 3.05) is 33.1 Å². The molecular formula is C36H33ClN6O5S2. The van der Waals surface area contributed by atoms with Gasteiger partial charge in [-0.15, -0.1) is 10.2 Å². The van der Waals surface area contributed by atoms with Crippen molar-refractivity contribution >= 4 is 44.4 Å². The van der Waals surface area contributed by atoms with Gasteiger partial charge in [-0.3, -0.25) is 4.57 Å². The largest absolute Gasteiger partial charge is 0.454 e. The van der Waals surface area contributed by atoms with E-state index in [1.807, 2.05) is 65.2 Å². The number of hydrogen-bond acceptors (Lipinski definition) is 9. The molecule has 1 unspecified atom stereocenters. The average Bonchev–Trinajstić information content (AvgIpc) is 3.86. The van der Waals surface area contributed by atoms with E-state index in [4.69, 9.17) is 30.8 Å². The van der Waals surface area contributed by atoms with Gasteiger partial charge in [-0.25, -0.2) is 13.4 Å². The van der Waals surface area contributed by atoms with E-state index in [2.05, 4.69) is 33.8 Å². The molecule has 0 radical (unpaired) electrons. The van der Waals surface area contributed by atoms with Crippen LogP contribution < -0.4 is 9.47 Å². The molecule has 8 rings (SSSR count). The molecule has 4 aromatic carbocycles. The molecule has 14 heteroatoms. The van der Waals surface area contributed by atoms with Crippen molar-refractivity contribution in [2.24, 2.45) is 0 Å². The predicted molar refractivity (Wildman–Crippen MR) is 191 cm³/mol. The number of hydrogen-bond donors (Lipinski definition) is 0. The molecule has 2 aliphatic heterocycles. The zero-order chi connectivity index (χ0) is 34.2. The van der Waals surface area contributed by atoms with E-state index in [0.717, 1.165) is 28.0 Å². The summed E-state index contributed by atoms with van der Waals surface area (Å²) in [5, 5.41) is 10.5. The first-order valence-corrected chi connectivity index (χ1v) is 18.9. The number of nitrogens with zero attached hydrogens (tertiary/aromatic N) is 6. The molecule has 11 nitrogen and oxygen atoms in total. The molecule has 0 aliphatic carbocycles. The zero-order valence-electron chi connectivity index (χ0n) is 27.1. The molecule has 6 aromatic rings. The first-order valence-electron chi connectivity index (χ1n) is 16.2. The van der Waals surface area contributed by atoms with Crippen LogP contribution in [-0.4, -0.2) is 70.1 Å². The molecule has 0 saturated carbocycles. The molecule has 2 aliphatic rings. The van der Waals surface area contributed by atoms with E-state index in [1.165, 1.54) is 16.1 Å². The standard InChI is InChI=1S/C36H33ClN6O5S2/c1-24(34-38-30-20-28(37)11-12-31(30)42(34)21-25-6-3-2-4-7-25)49-36-40-39-35(43(36)22-26-10-13-32-33(18-26)48-23-47-32)27-8-5-9-29(19-27)50(44,45)41-14-16-46-17-15-41/h2-13,18-20,24H,14-17,21-23H2,1H3. The average molecular weight is 729 g/mol. The number of sulfonamides is 1. The Morgan fingerprint density at radius 2 is 1.64 bits per heavy atom. The Balaban J connectivity index is 1.18. The minimum absolute atomic E-state index is 0.148. The summed E-state index contributed by atoms with van der Waals surface area (Å²) in [6.45, 7) is 4.68. The Labute approximate surface area is 298 Å². The van der Waals surface area contributed by atoms with Crippen LogP contribution in [0.1, 0.15) is 29.1 Å². The molecule has 2 aromatic heterocycles. The molecule has 0 bridgehead atoms. The van der Waals surface area contributed by atoms with Gasteiger partial charge in [-0.2, -0.15) is 4.31 Å². The van der Waals surface area contributed by atoms with Gasteiger partial charge in [0, 0.05) is 30.2 Å². The third-order valence-electron chi connectivity index (χ3n) is 8.76. The molecule has 1 saturated heterocycles. The highest BCUT2D eigenvalue weighted by Gasteiger charge is 2.28. The van der Waals surface area contributed by atoms with Gasteiger partial charge in [0.05, 0.1) is 40.9 Å². The smallest absolute Gasteiger partial charge is 0.243 e. The molecule has 0 spiro atoms. The zero-order valence-corrected chi connectivity index (χ0v) is 29.5. The Hall–Kier alpha value is -4.40. The van der Waals surface area contributed by atoms with Crippen molar-refractivity contribution in [2.45, 2.75) is 35.3 Å². The van der Waals surface area contributed by atoms with Gasteiger partial charge in [0.2, 0.25) is 16.8 Å². The van der Waals surface area contributed by atoms with Crippen LogP contribution in [0.4, 0.5) is 0 Å². The molecule has 0 N–H and O–H groups in total. The number of halogens is 1. The van der Waals surface area contributed by atoms with Gasteiger partial charge in [0.25, 0.3) is 0 Å². The lowest BCUT2D eigenvalue weighted by atomic mass is 10.2. The normalized spacial score (nSPS) is 15.5. The highest BCUT2D eigenvalue weighted by Crippen LogP contribution is 2.39. The number of fused-ring (bicyclic) bond motifs is 2. The maximum Gasteiger partial charge on any atom is 0.243 e. The molecule has 256 valence electrons. The lowest BCUT2D eigenvalue weighted by Crippen LogP contribution is -2.40. The number of morpholine rings is 1. The van der Waals surface area contributed by atoms with Crippen LogP contribution in [0.2, 0.25) is 5.02 Å². The Morgan fingerprint density at radius 3 is 2.48 bits per heavy atom. The van der Waals surface area contributed by atoms with Crippen molar-refractivity contribution in [3.63, 3.8) is 0 Å². The predicted octanol–water partition coefficient (Wildman–Crippen LogP) is 6.65. The number of ether oxygens (including phenoxy) is 3. The Bertz CT molecular complexity index is 2290. The van der Waals surface area contributed by atoms with Gasteiger partial charge in [0.15, 0.2) is 22.5 Å². The maximum absolute atomic E-state index is 13.6. The summed E-state index contributed by atoms with van der Waals surface area (Å²) in [5.74, 6) is 2.78. The molecule has 0 amide bonds. The second kappa shape index (κ2) is 13.7. The van der Waals surface area contributed by atoms with E-state index in [-0.39, 0.29) is 16.9 Å². The van der Waals surface area contributed by atoms with Crippen LogP contribution in [0.25, 0.3) is 22.4 Å². The quantitative estimate of drug-likeness (QED) is 0.143. The lowest BCUT2D eigenvalue weighted by Gasteiger charge is -2.26. The summed E-state index contributed by atoms with van der Waals surface area (Å²) in [6, 6.07) is 28.8. The van der Waals surface area contributed by atoms with Crippen LogP contribution in [0.15, 0.2) is 101 Å². The fourth-order valence-corrected chi connectivity index (χ4v) is 8.85. The lowest BCUT2D eigenvalue weighted by molar-refractivity contribution is 0.0730. The van der Waals surface area contributed by atoms with Crippen LogP contribution in [0, 0.1) is 0 Å². The molecule has 1 atom stereocenters. The van der Waals surface area contributed by atoms with Crippen molar-refractivity contribution in [3.05, 3.63) is 113 Å². The number of imidazole rings is 1. The summed E-state index contributed by atoms with van der Waals surface area (Å²) in [4.78, 5) is 5.26. The highest BCUT2D eigenvalue weighted by molar-refractivity contribution is 7.99. The van der Waals surface area contributed by atoms with Crippen LogP contribution in [-0.2, 0) is 27.8 Å². The minimum atomic E-state index is -3.73. The third kappa shape index (κ3) is 6.47. The number of thioether (sulfide) groups is 1. The van der Waals surface area contributed by atoms with Crippen molar-refractivity contribution in [1.29, 1.82) is 0 Å². The molecule has 1 fully saturated rings. The van der Waals surface area contributed by atoms with E-state index < -0.39 is 10.0 Å². The maximum atomic E-state index is 13.6. The Morgan fingerprint density at radius 1 is 0.840 bits per heavy atom. The van der Waals surface area contributed by atoms with E-state index >= 15 is 0 Å². The number of aromatic nitrogens is 5. The highest BCUT2D eigenvalue weighted by atomic mass is 35.5. The monoisotopic (exact) mass is 728 g/mol. The summed E-state index contributed by atoms with van der Waals surface area (Å²) in [7, 11) is -3.73. The van der Waals surface area contributed by atoms with Gasteiger partial charge >= 0.3 is 0 Å². The summed E-state index contributed by atoms with van der Waals surface area (Å²) in [5.41, 5.74) is 4.55. The Kier molecular flexibility index (Phi) is 9.00. The fraction of sp³-hybridized carbons (Fsp3) is 0.250. The third-order valence-corrected chi connectivity index (χ3v) is 12.0. The summed E-state index contributed by atoms with van der Waals surface area (Å²) < 4.78 is 49.5. The van der Waals surface area contributed by atoms with Gasteiger partial charge in [0.1, 0.15) is 5.82 Å². The van der Waals surface area contributed by atoms with Gasteiger partial charge in [-0.05, 0) is 60.5 Å². The SMILES string of the molecule is CC(Sc1nnc(-c2cccc(S(=O)(=O)N3CCOCC3)c2)n1Cc1ccc2c(c1)OCO2)c1nc2cc(Cl)ccc2n1Cc1ccccc1. The van der Waals surface area contributed by atoms with Crippen LogP contribution >= 0.6 is 23.4 Å². The number of rotatable bonds is 10. The van der Waals surface area contributed by atoms with Crippen molar-refractivity contribution in [1.82, 2.24) is 28.6 Å². The van der Waals surface area contributed by atoms with E-state index in [1.54, 1.807) is 18.2 Å².